The van der Waals surface area contributed by atoms with Gasteiger partial charge in [0.15, 0.2) is 15.7 Å². The second-order valence-electron chi connectivity index (χ2n) is 6.75. The smallest absolute Gasteiger partial charge is 0.224 e. The molecule has 6 nitrogen and oxygen atoms in total. The van der Waals surface area contributed by atoms with Gasteiger partial charge in [0.2, 0.25) is 5.95 Å². The van der Waals surface area contributed by atoms with Crippen LogP contribution in [0.4, 0.5) is 21.8 Å². The van der Waals surface area contributed by atoms with Crippen molar-refractivity contribution in [3.63, 3.8) is 0 Å². The molecule has 1 aromatic carbocycles. The quantitative estimate of drug-likeness (QED) is 0.822. The van der Waals surface area contributed by atoms with E-state index in [0.29, 0.717) is 35.3 Å². The van der Waals surface area contributed by atoms with Gasteiger partial charge >= 0.3 is 0 Å². The minimum absolute atomic E-state index is 0.0240. The first-order chi connectivity index (χ1) is 12.4. The molecule has 0 amide bonds. The van der Waals surface area contributed by atoms with Gasteiger partial charge < -0.3 is 10.6 Å². The van der Waals surface area contributed by atoms with Crippen molar-refractivity contribution >= 4 is 38.9 Å². The minimum atomic E-state index is -2.96. The van der Waals surface area contributed by atoms with Gasteiger partial charge in [0.05, 0.1) is 16.7 Å². The van der Waals surface area contributed by atoms with E-state index in [4.69, 9.17) is 11.6 Å². The number of fused-ring (bicyclic) bond motifs is 2. The molecular formula is C17H18ClFN4O2S. The molecule has 2 saturated heterocycles. The molecule has 2 fully saturated rings. The van der Waals surface area contributed by atoms with Crippen LogP contribution in [0.3, 0.4) is 0 Å². The third kappa shape index (κ3) is 3.35. The van der Waals surface area contributed by atoms with Crippen molar-refractivity contribution in [3.8, 4) is 0 Å². The average Bonchev–Trinajstić information content (AvgIpc) is 2.77. The second-order valence-corrected chi connectivity index (χ2v) is 9.66. The van der Waals surface area contributed by atoms with E-state index >= 15 is 0 Å². The molecule has 4 rings (SSSR count). The topological polar surface area (TPSA) is 84.0 Å². The number of rotatable bonds is 4. The summed E-state index contributed by atoms with van der Waals surface area (Å²) < 4.78 is 37.4. The Kier molecular flexibility index (Phi) is 4.48. The maximum absolute atomic E-state index is 13.0. The molecule has 138 valence electrons. The van der Waals surface area contributed by atoms with Gasteiger partial charge in [-0.3, -0.25) is 0 Å². The first kappa shape index (κ1) is 17.5. The summed E-state index contributed by atoms with van der Waals surface area (Å²) in [6.07, 6.45) is 4.11. The molecule has 2 unspecified atom stereocenters. The van der Waals surface area contributed by atoms with Gasteiger partial charge in [-0.25, -0.2) is 17.8 Å². The summed E-state index contributed by atoms with van der Waals surface area (Å²) in [6, 6.07) is 5.88. The summed E-state index contributed by atoms with van der Waals surface area (Å²) in [6.45, 7) is 0. The molecule has 0 radical (unpaired) electrons. The highest BCUT2D eigenvalue weighted by Crippen LogP contribution is 2.39. The van der Waals surface area contributed by atoms with Crippen LogP contribution in [0.5, 0.6) is 0 Å². The zero-order chi connectivity index (χ0) is 18.3. The molecule has 1 aromatic heterocycles. The first-order valence-electron chi connectivity index (χ1n) is 8.46. The van der Waals surface area contributed by atoms with Gasteiger partial charge in [0.1, 0.15) is 10.8 Å². The fraction of sp³-hybridized carbons (Fsp3) is 0.412. The van der Waals surface area contributed by atoms with Crippen LogP contribution in [0.15, 0.2) is 30.5 Å². The van der Waals surface area contributed by atoms with Crippen molar-refractivity contribution in [2.75, 3.05) is 10.6 Å². The number of benzene rings is 1. The summed E-state index contributed by atoms with van der Waals surface area (Å²) in [5, 5.41) is 6.09. The standard InChI is InChI=1S/C17H18ClFN4O2S/c18-15-9-20-17(23-16(15)21-11-3-1-10(19)2-4-11)22-12-7-13-5-6-14(8-12)26(13,24)25/h1-4,9,12-14H,5-8H2,(H2,20,21,22,23). The van der Waals surface area contributed by atoms with Crippen LogP contribution in [-0.4, -0.2) is 34.9 Å². The van der Waals surface area contributed by atoms with E-state index < -0.39 is 9.84 Å². The van der Waals surface area contributed by atoms with Crippen molar-refractivity contribution in [3.05, 3.63) is 41.3 Å². The molecule has 2 aliphatic heterocycles. The van der Waals surface area contributed by atoms with Crippen molar-refractivity contribution in [2.24, 2.45) is 0 Å². The van der Waals surface area contributed by atoms with Crippen molar-refractivity contribution in [2.45, 2.75) is 42.2 Å². The lowest BCUT2D eigenvalue weighted by Gasteiger charge is -2.28. The van der Waals surface area contributed by atoms with Gasteiger partial charge in [-0.1, -0.05) is 11.6 Å². The Labute approximate surface area is 156 Å². The van der Waals surface area contributed by atoms with Crippen molar-refractivity contribution in [1.29, 1.82) is 0 Å². The monoisotopic (exact) mass is 396 g/mol. The van der Waals surface area contributed by atoms with E-state index in [1.807, 2.05) is 0 Å². The number of aromatic nitrogens is 2. The van der Waals surface area contributed by atoms with Gasteiger partial charge in [-0.05, 0) is 49.9 Å². The summed E-state index contributed by atoms with van der Waals surface area (Å²) in [4.78, 5) is 8.57. The Bertz CT molecular complexity index is 903. The number of nitrogens with zero attached hydrogens (tertiary/aromatic N) is 2. The highest BCUT2D eigenvalue weighted by molar-refractivity contribution is 7.93. The zero-order valence-electron chi connectivity index (χ0n) is 13.8. The van der Waals surface area contributed by atoms with E-state index in [-0.39, 0.29) is 22.4 Å². The van der Waals surface area contributed by atoms with E-state index in [9.17, 15) is 12.8 Å². The van der Waals surface area contributed by atoms with Crippen LogP contribution in [0.1, 0.15) is 25.7 Å². The van der Waals surface area contributed by atoms with Gasteiger partial charge in [-0.2, -0.15) is 4.98 Å². The molecule has 0 aliphatic carbocycles. The zero-order valence-corrected chi connectivity index (χ0v) is 15.4. The Morgan fingerprint density at radius 2 is 1.77 bits per heavy atom. The maximum atomic E-state index is 13.0. The van der Waals surface area contributed by atoms with E-state index in [1.54, 1.807) is 12.1 Å². The van der Waals surface area contributed by atoms with E-state index in [1.165, 1.54) is 18.3 Å². The van der Waals surface area contributed by atoms with Crippen LogP contribution >= 0.6 is 11.6 Å². The number of sulfone groups is 1. The lowest BCUT2D eigenvalue weighted by atomic mass is 10.1. The van der Waals surface area contributed by atoms with E-state index in [0.717, 1.165) is 12.8 Å². The number of nitrogens with one attached hydrogen (secondary N) is 2. The van der Waals surface area contributed by atoms with Crippen LogP contribution in [-0.2, 0) is 9.84 Å². The highest BCUT2D eigenvalue weighted by Gasteiger charge is 2.46. The number of anilines is 3. The van der Waals surface area contributed by atoms with Gasteiger partial charge in [0.25, 0.3) is 0 Å². The predicted molar refractivity (Wildman–Crippen MR) is 99.1 cm³/mol. The summed E-state index contributed by atoms with van der Waals surface area (Å²) in [5.41, 5.74) is 0.653. The highest BCUT2D eigenvalue weighted by atomic mass is 35.5. The maximum Gasteiger partial charge on any atom is 0.224 e. The number of halogens is 2. The second kappa shape index (κ2) is 6.66. The van der Waals surface area contributed by atoms with Crippen LogP contribution < -0.4 is 10.6 Å². The molecule has 2 bridgehead atoms. The fourth-order valence-electron chi connectivity index (χ4n) is 3.70. The van der Waals surface area contributed by atoms with Crippen LogP contribution in [0, 0.1) is 5.82 Å². The molecular weight excluding hydrogens is 379 g/mol. The summed E-state index contributed by atoms with van der Waals surface area (Å²) >= 11 is 6.15. The van der Waals surface area contributed by atoms with Crippen LogP contribution in [0.2, 0.25) is 5.02 Å². The summed E-state index contributed by atoms with van der Waals surface area (Å²) in [5.74, 6) is 0.471. The van der Waals surface area contributed by atoms with Crippen molar-refractivity contribution in [1.82, 2.24) is 9.97 Å². The first-order valence-corrected chi connectivity index (χ1v) is 10.4. The molecule has 2 aliphatic rings. The molecule has 0 spiro atoms. The molecule has 0 saturated carbocycles. The lowest BCUT2D eigenvalue weighted by Crippen LogP contribution is -2.39. The van der Waals surface area contributed by atoms with Crippen LogP contribution in [0.25, 0.3) is 0 Å². The van der Waals surface area contributed by atoms with Gasteiger partial charge in [-0.15, -0.1) is 0 Å². The average molecular weight is 397 g/mol. The SMILES string of the molecule is O=S1(=O)C2CCC1CC(Nc1ncc(Cl)c(Nc3ccc(F)cc3)n1)C2. The predicted octanol–water partition coefficient (Wildman–Crippen LogP) is 3.53. The fourth-order valence-corrected chi connectivity index (χ4v) is 6.31. The number of hydrogen-bond donors (Lipinski definition) is 2. The molecule has 26 heavy (non-hydrogen) atoms. The lowest BCUT2D eigenvalue weighted by molar-refractivity contribution is 0.520. The van der Waals surface area contributed by atoms with E-state index in [2.05, 4.69) is 20.6 Å². The third-order valence-corrected chi connectivity index (χ3v) is 8.01. The molecule has 2 N–H and O–H groups in total. The van der Waals surface area contributed by atoms with Gasteiger partial charge in [0, 0.05) is 11.7 Å². The Morgan fingerprint density at radius 3 is 2.42 bits per heavy atom. The number of hydrogen-bond acceptors (Lipinski definition) is 6. The largest absolute Gasteiger partial charge is 0.351 e. The van der Waals surface area contributed by atoms with Crippen molar-refractivity contribution < 1.29 is 12.8 Å². The summed E-state index contributed by atoms with van der Waals surface area (Å²) in [7, 11) is -2.96. The minimum Gasteiger partial charge on any atom is -0.351 e. The Balaban J connectivity index is 1.49. The Morgan fingerprint density at radius 1 is 1.12 bits per heavy atom. The third-order valence-electron chi connectivity index (χ3n) is 5.02. The molecule has 2 aromatic rings. The molecule has 2 atom stereocenters. The Hall–Kier alpha value is -1.93. The molecule has 3 heterocycles. The molecule has 9 heteroatoms. The normalized spacial score (nSPS) is 26.5.